The molecule has 5 nitrogen and oxygen atoms in total. The van der Waals surface area contributed by atoms with Crippen LogP contribution in [0, 0.1) is 13.8 Å². The van der Waals surface area contributed by atoms with Crippen molar-refractivity contribution in [3.05, 3.63) is 46.8 Å². The lowest BCUT2D eigenvalue weighted by Crippen LogP contribution is -2.28. The highest BCUT2D eigenvalue weighted by Gasteiger charge is 2.39. The molecule has 22 heavy (non-hydrogen) atoms. The Bertz CT molecular complexity index is 673. The fourth-order valence-electron chi connectivity index (χ4n) is 2.85. The van der Waals surface area contributed by atoms with E-state index in [9.17, 15) is 4.79 Å². The van der Waals surface area contributed by atoms with Crippen LogP contribution < -0.4 is 10.1 Å². The average Bonchev–Trinajstić information content (AvgIpc) is 3.22. The summed E-state index contributed by atoms with van der Waals surface area (Å²) in [5.74, 6) is 1.31. The Labute approximate surface area is 130 Å². The monoisotopic (exact) mass is 299 g/mol. The number of aromatic nitrogens is 2. The van der Waals surface area contributed by atoms with Crippen molar-refractivity contribution >= 4 is 5.91 Å². The summed E-state index contributed by atoms with van der Waals surface area (Å²) in [4.78, 5) is 12.2. The van der Waals surface area contributed by atoms with E-state index in [0.717, 1.165) is 29.1 Å². The minimum Gasteiger partial charge on any atom is -0.497 e. The molecule has 1 heterocycles. The summed E-state index contributed by atoms with van der Waals surface area (Å²) in [6.45, 7) is 3.86. The summed E-state index contributed by atoms with van der Waals surface area (Å²) in [7, 11) is 1.67. The molecule has 1 amide bonds. The van der Waals surface area contributed by atoms with Crippen molar-refractivity contribution in [2.24, 2.45) is 0 Å². The number of nitrogens with zero attached hydrogens (tertiary/aromatic N) is 1. The van der Waals surface area contributed by atoms with Crippen LogP contribution in [0.15, 0.2) is 24.3 Å². The van der Waals surface area contributed by atoms with Gasteiger partial charge < -0.3 is 10.1 Å². The molecule has 1 aromatic heterocycles. The van der Waals surface area contributed by atoms with Gasteiger partial charge in [0.05, 0.1) is 19.2 Å². The summed E-state index contributed by atoms with van der Waals surface area (Å²) in [5.41, 5.74) is 4.08. The number of hydrogen-bond donors (Lipinski definition) is 2. The molecule has 0 spiro atoms. The van der Waals surface area contributed by atoms with Crippen LogP contribution in [0.3, 0.4) is 0 Å². The molecule has 3 rings (SSSR count). The normalized spacial score (nSPS) is 19.8. The topological polar surface area (TPSA) is 67.0 Å². The molecule has 116 valence electrons. The molecular weight excluding hydrogens is 278 g/mol. The number of methoxy groups -OCH3 is 1. The van der Waals surface area contributed by atoms with E-state index in [0.29, 0.717) is 12.3 Å². The predicted octanol–water partition coefficient (Wildman–Crippen LogP) is 2.25. The van der Waals surface area contributed by atoms with E-state index in [-0.39, 0.29) is 11.9 Å². The van der Waals surface area contributed by atoms with Crippen LogP contribution >= 0.6 is 0 Å². The zero-order valence-corrected chi connectivity index (χ0v) is 13.1. The maximum atomic E-state index is 12.2. The van der Waals surface area contributed by atoms with Crippen LogP contribution in [-0.4, -0.2) is 29.3 Å². The maximum Gasteiger partial charge on any atom is 0.224 e. The third kappa shape index (κ3) is 2.98. The van der Waals surface area contributed by atoms with Crippen molar-refractivity contribution < 1.29 is 9.53 Å². The van der Waals surface area contributed by atoms with Gasteiger partial charge in [0.2, 0.25) is 5.91 Å². The molecule has 2 N–H and O–H groups in total. The molecule has 1 aliphatic carbocycles. The highest BCUT2D eigenvalue weighted by Crippen LogP contribution is 2.41. The van der Waals surface area contributed by atoms with Crippen LogP contribution in [-0.2, 0) is 11.2 Å². The van der Waals surface area contributed by atoms with E-state index >= 15 is 0 Å². The maximum absolute atomic E-state index is 12.2. The lowest BCUT2D eigenvalue weighted by molar-refractivity contribution is -0.120. The number of ether oxygens (including phenoxy) is 1. The van der Waals surface area contributed by atoms with Gasteiger partial charge in [-0.3, -0.25) is 9.89 Å². The number of benzene rings is 1. The molecule has 1 fully saturated rings. The summed E-state index contributed by atoms with van der Waals surface area (Å²) in [5, 5.41) is 10.2. The second kappa shape index (κ2) is 5.83. The number of aromatic amines is 1. The Hall–Kier alpha value is -2.30. The van der Waals surface area contributed by atoms with Gasteiger partial charge in [-0.1, -0.05) is 12.1 Å². The second-order valence-electron chi connectivity index (χ2n) is 5.88. The van der Waals surface area contributed by atoms with Gasteiger partial charge in [-0.15, -0.1) is 0 Å². The zero-order chi connectivity index (χ0) is 15.7. The van der Waals surface area contributed by atoms with Gasteiger partial charge in [0, 0.05) is 23.2 Å². The predicted molar refractivity (Wildman–Crippen MR) is 84.0 cm³/mol. The molecule has 1 aliphatic rings. The van der Waals surface area contributed by atoms with E-state index in [1.165, 1.54) is 5.56 Å². The zero-order valence-electron chi connectivity index (χ0n) is 13.1. The fraction of sp³-hybridized carbons (Fsp3) is 0.412. The number of nitrogens with one attached hydrogen (secondary N) is 2. The Morgan fingerprint density at radius 3 is 2.95 bits per heavy atom. The fourth-order valence-corrected chi connectivity index (χ4v) is 2.85. The second-order valence-corrected chi connectivity index (χ2v) is 5.88. The molecule has 1 aromatic carbocycles. The van der Waals surface area contributed by atoms with Gasteiger partial charge in [-0.2, -0.15) is 5.10 Å². The standard InChI is InChI=1S/C17H21N3O2/c1-10-14(11(2)20-19-10)9-17(21)18-16-8-15(16)12-5-4-6-13(7-12)22-3/h4-7,15-16H,8-9H2,1-3H3,(H,18,21)(H,19,20)/t15-,16+/m0/s1. The minimum absolute atomic E-state index is 0.0583. The first-order valence-electron chi connectivity index (χ1n) is 7.52. The average molecular weight is 299 g/mol. The summed E-state index contributed by atoms with van der Waals surface area (Å²) >= 11 is 0. The Balaban J connectivity index is 1.58. The molecule has 0 saturated heterocycles. The molecule has 1 saturated carbocycles. The number of amides is 1. The third-order valence-electron chi connectivity index (χ3n) is 4.28. The summed E-state index contributed by atoms with van der Waals surface area (Å²) in [6.07, 6.45) is 1.37. The Morgan fingerprint density at radius 1 is 1.45 bits per heavy atom. The van der Waals surface area contributed by atoms with E-state index in [1.807, 2.05) is 32.0 Å². The van der Waals surface area contributed by atoms with Crippen molar-refractivity contribution in [2.75, 3.05) is 7.11 Å². The first kappa shape index (κ1) is 14.6. The van der Waals surface area contributed by atoms with Gasteiger partial charge in [-0.25, -0.2) is 0 Å². The van der Waals surface area contributed by atoms with Crippen LogP contribution in [0.1, 0.15) is 34.9 Å². The first-order valence-corrected chi connectivity index (χ1v) is 7.52. The van der Waals surface area contributed by atoms with Gasteiger partial charge in [0.15, 0.2) is 0 Å². The molecule has 2 atom stereocenters. The number of hydrogen-bond acceptors (Lipinski definition) is 3. The number of rotatable bonds is 5. The third-order valence-corrected chi connectivity index (χ3v) is 4.28. The highest BCUT2D eigenvalue weighted by molar-refractivity contribution is 5.80. The van der Waals surface area contributed by atoms with Crippen LogP contribution in [0.25, 0.3) is 0 Å². The van der Waals surface area contributed by atoms with Crippen molar-refractivity contribution in [1.82, 2.24) is 15.5 Å². The molecule has 0 radical (unpaired) electrons. The quantitative estimate of drug-likeness (QED) is 0.890. The molecule has 0 unspecified atom stereocenters. The van der Waals surface area contributed by atoms with Crippen molar-refractivity contribution in [1.29, 1.82) is 0 Å². The largest absolute Gasteiger partial charge is 0.497 e. The van der Waals surface area contributed by atoms with E-state index < -0.39 is 0 Å². The van der Waals surface area contributed by atoms with Crippen LogP contribution in [0.4, 0.5) is 0 Å². The van der Waals surface area contributed by atoms with Gasteiger partial charge in [-0.05, 0) is 38.0 Å². The summed E-state index contributed by atoms with van der Waals surface area (Å²) < 4.78 is 5.25. The lowest BCUT2D eigenvalue weighted by atomic mass is 10.1. The smallest absolute Gasteiger partial charge is 0.224 e. The summed E-state index contributed by atoms with van der Waals surface area (Å²) in [6, 6.07) is 8.28. The van der Waals surface area contributed by atoms with E-state index in [2.05, 4.69) is 21.6 Å². The number of H-pyrrole nitrogens is 1. The van der Waals surface area contributed by atoms with Crippen molar-refractivity contribution in [2.45, 2.75) is 38.6 Å². The SMILES string of the molecule is COc1cccc([C@@H]2C[C@H]2NC(=O)Cc2c(C)n[nH]c2C)c1. The minimum atomic E-state index is 0.0583. The van der Waals surface area contributed by atoms with Crippen molar-refractivity contribution in [3.63, 3.8) is 0 Å². The molecule has 0 aliphatic heterocycles. The Kier molecular flexibility index (Phi) is 3.88. The van der Waals surface area contributed by atoms with Gasteiger partial charge in [0.1, 0.15) is 5.75 Å². The van der Waals surface area contributed by atoms with E-state index in [4.69, 9.17) is 4.74 Å². The van der Waals surface area contributed by atoms with Crippen molar-refractivity contribution in [3.8, 4) is 5.75 Å². The van der Waals surface area contributed by atoms with Crippen LogP contribution in [0.2, 0.25) is 0 Å². The number of aryl methyl sites for hydroxylation is 2. The molecule has 2 aromatic rings. The van der Waals surface area contributed by atoms with E-state index in [1.54, 1.807) is 7.11 Å². The van der Waals surface area contributed by atoms with Gasteiger partial charge in [0.25, 0.3) is 0 Å². The highest BCUT2D eigenvalue weighted by atomic mass is 16.5. The molecule has 0 bridgehead atoms. The first-order chi connectivity index (χ1) is 10.6. The number of carbonyl (C=O) groups is 1. The van der Waals surface area contributed by atoms with Gasteiger partial charge >= 0.3 is 0 Å². The molecule has 5 heteroatoms. The lowest BCUT2D eigenvalue weighted by Gasteiger charge is -2.06. The molecular formula is C17H21N3O2. The van der Waals surface area contributed by atoms with Crippen LogP contribution in [0.5, 0.6) is 5.75 Å². The number of carbonyl (C=O) groups excluding carboxylic acids is 1. The Morgan fingerprint density at radius 2 is 2.27 bits per heavy atom.